The summed E-state index contributed by atoms with van der Waals surface area (Å²) in [4.78, 5) is 3.99. The first kappa shape index (κ1) is 10.6. The van der Waals surface area contributed by atoms with Crippen LogP contribution in [0, 0.1) is 0 Å². The van der Waals surface area contributed by atoms with Crippen molar-refractivity contribution in [2.24, 2.45) is 5.73 Å². The Morgan fingerprint density at radius 3 is 2.85 bits per heavy atom. The molecule has 4 heteroatoms. The van der Waals surface area contributed by atoms with Crippen LogP contribution in [-0.4, -0.2) is 27.6 Å². The molecule has 1 heterocycles. The zero-order chi connectivity index (χ0) is 9.36. The Morgan fingerprint density at radius 1 is 1.31 bits per heavy atom. The van der Waals surface area contributed by atoms with Crippen molar-refractivity contribution in [2.75, 3.05) is 18.1 Å². The number of aryl methyl sites for hydroxylation is 1. The molecule has 0 aliphatic rings. The summed E-state index contributed by atoms with van der Waals surface area (Å²) in [7, 11) is 0. The SMILES string of the molecule is NCCCSCCCn1ccnc1. The number of aromatic nitrogens is 2. The highest BCUT2D eigenvalue weighted by Gasteiger charge is 1.91. The van der Waals surface area contributed by atoms with E-state index in [-0.39, 0.29) is 0 Å². The van der Waals surface area contributed by atoms with Gasteiger partial charge in [-0.25, -0.2) is 4.98 Å². The van der Waals surface area contributed by atoms with Gasteiger partial charge in [-0.2, -0.15) is 11.8 Å². The van der Waals surface area contributed by atoms with Crippen LogP contribution in [0.15, 0.2) is 18.7 Å². The highest BCUT2D eigenvalue weighted by atomic mass is 32.2. The highest BCUT2D eigenvalue weighted by Crippen LogP contribution is 2.04. The maximum atomic E-state index is 5.39. The van der Waals surface area contributed by atoms with E-state index in [0.29, 0.717) is 0 Å². The van der Waals surface area contributed by atoms with Crippen LogP contribution in [0.25, 0.3) is 0 Å². The number of imidazole rings is 1. The Bertz CT molecular complexity index is 199. The molecule has 0 aliphatic carbocycles. The second-order valence-electron chi connectivity index (χ2n) is 2.91. The molecule has 0 unspecified atom stereocenters. The molecule has 74 valence electrons. The van der Waals surface area contributed by atoms with E-state index in [1.807, 2.05) is 30.5 Å². The number of nitrogens with two attached hydrogens (primary N) is 1. The van der Waals surface area contributed by atoms with Crippen molar-refractivity contribution in [3.05, 3.63) is 18.7 Å². The van der Waals surface area contributed by atoms with Crippen LogP contribution >= 0.6 is 11.8 Å². The van der Waals surface area contributed by atoms with Gasteiger partial charge in [-0.3, -0.25) is 0 Å². The first-order valence-corrected chi connectivity index (χ1v) is 5.82. The molecule has 0 atom stereocenters. The molecule has 0 radical (unpaired) electrons. The van der Waals surface area contributed by atoms with E-state index < -0.39 is 0 Å². The quantitative estimate of drug-likeness (QED) is 0.674. The number of rotatable bonds is 7. The third-order valence-corrected chi connectivity index (χ3v) is 2.91. The molecule has 3 nitrogen and oxygen atoms in total. The minimum absolute atomic E-state index is 0.814. The topological polar surface area (TPSA) is 43.8 Å². The van der Waals surface area contributed by atoms with E-state index in [1.54, 1.807) is 0 Å². The van der Waals surface area contributed by atoms with E-state index in [9.17, 15) is 0 Å². The molecular formula is C9H17N3S. The predicted octanol–water partition coefficient (Wildman–Crippen LogP) is 1.36. The van der Waals surface area contributed by atoms with Crippen LogP contribution in [0.4, 0.5) is 0 Å². The summed E-state index contributed by atoms with van der Waals surface area (Å²) >= 11 is 1.99. The van der Waals surface area contributed by atoms with Crippen molar-refractivity contribution < 1.29 is 0 Å². The fraction of sp³-hybridized carbons (Fsp3) is 0.667. The fourth-order valence-corrected chi connectivity index (χ4v) is 1.96. The largest absolute Gasteiger partial charge is 0.337 e. The zero-order valence-electron chi connectivity index (χ0n) is 7.85. The lowest BCUT2D eigenvalue weighted by Crippen LogP contribution is -2.00. The maximum absolute atomic E-state index is 5.39. The van der Waals surface area contributed by atoms with Gasteiger partial charge < -0.3 is 10.3 Å². The zero-order valence-corrected chi connectivity index (χ0v) is 8.67. The summed E-state index contributed by atoms with van der Waals surface area (Å²) in [5.74, 6) is 2.42. The van der Waals surface area contributed by atoms with Gasteiger partial charge >= 0.3 is 0 Å². The smallest absolute Gasteiger partial charge is 0.0945 e. The molecule has 0 amide bonds. The van der Waals surface area contributed by atoms with Gasteiger partial charge in [0.1, 0.15) is 0 Å². The van der Waals surface area contributed by atoms with Gasteiger partial charge in [-0.15, -0.1) is 0 Å². The first-order chi connectivity index (χ1) is 6.43. The summed E-state index contributed by atoms with van der Waals surface area (Å²) in [5.41, 5.74) is 5.39. The number of hydrogen-bond donors (Lipinski definition) is 1. The van der Waals surface area contributed by atoms with Gasteiger partial charge in [0.25, 0.3) is 0 Å². The molecule has 13 heavy (non-hydrogen) atoms. The Hall–Kier alpha value is -0.480. The van der Waals surface area contributed by atoms with Crippen molar-refractivity contribution in [3.63, 3.8) is 0 Å². The summed E-state index contributed by atoms with van der Waals surface area (Å²) in [6.45, 7) is 1.89. The Kier molecular flexibility index (Phi) is 5.69. The predicted molar refractivity (Wildman–Crippen MR) is 57.8 cm³/mol. The van der Waals surface area contributed by atoms with E-state index >= 15 is 0 Å². The molecule has 0 saturated heterocycles. The third kappa shape index (κ3) is 4.95. The van der Waals surface area contributed by atoms with Gasteiger partial charge in [0.2, 0.25) is 0 Å². The van der Waals surface area contributed by atoms with Crippen LogP contribution < -0.4 is 5.73 Å². The average Bonchev–Trinajstić information content (AvgIpc) is 2.63. The Balaban J connectivity index is 1.90. The molecule has 1 aromatic heterocycles. The van der Waals surface area contributed by atoms with Crippen LogP contribution in [-0.2, 0) is 6.54 Å². The van der Waals surface area contributed by atoms with Crippen molar-refractivity contribution in [3.8, 4) is 0 Å². The van der Waals surface area contributed by atoms with Crippen LogP contribution in [0.1, 0.15) is 12.8 Å². The van der Waals surface area contributed by atoms with Crippen LogP contribution in [0.3, 0.4) is 0 Å². The monoisotopic (exact) mass is 199 g/mol. The number of nitrogens with zero attached hydrogens (tertiary/aromatic N) is 2. The normalized spacial score (nSPS) is 10.5. The molecular weight excluding hydrogens is 182 g/mol. The summed E-state index contributed by atoms with van der Waals surface area (Å²) in [6, 6.07) is 0. The van der Waals surface area contributed by atoms with Gasteiger partial charge in [0.15, 0.2) is 0 Å². The standard InChI is InChI=1S/C9H17N3S/c10-3-1-7-13-8-2-5-12-6-4-11-9-12/h4,6,9H,1-3,5,7-8,10H2. The number of hydrogen-bond acceptors (Lipinski definition) is 3. The van der Waals surface area contributed by atoms with Crippen molar-refractivity contribution >= 4 is 11.8 Å². The third-order valence-electron chi connectivity index (χ3n) is 1.76. The second kappa shape index (κ2) is 6.97. The molecule has 0 fully saturated rings. The van der Waals surface area contributed by atoms with E-state index in [1.165, 1.54) is 17.9 Å². The molecule has 0 spiro atoms. The van der Waals surface area contributed by atoms with Crippen molar-refractivity contribution in [1.29, 1.82) is 0 Å². The summed E-state index contributed by atoms with van der Waals surface area (Å²) in [5, 5.41) is 0. The first-order valence-electron chi connectivity index (χ1n) is 4.67. The van der Waals surface area contributed by atoms with Gasteiger partial charge in [-0.1, -0.05) is 0 Å². The van der Waals surface area contributed by atoms with E-state index in [0.717, 1.165) is 19.5 Å². The Morgan fingerprint density at radius 2 is 2.15 bits per heavy atom. The van der Waals surface area contributed by atoms with E-state index in [2.05, 4.69) is 9.55 Å². The van der Waals surface area contributed by atoms with Crippen LogP contribution in [0.5, 0.6) is 0 Å². The maximum Gasteiger partial charge on any atom is 0.0945 e. The average molecular weight is 199 g/mol. The minimum Gasteiger partial charge on any atom is -0.337 e. The molecule has 0 bridgehead atoms. The lowest BCUT2D eigenvalue weighted by molar-refractivity contribution is 0.683. The van der Waals surface area contributed by atoms with Gasteiger partial charge in [0, 0.05) is 18.9 Å². The van der Waals surface area contributed by atoms with Crippen molar-refractivity contribution in [1.82, 2.24) is 9.55 Å². The van der Waals surface area contributed by atoms with Crippen molar-refractivity contribution in [2.45, 2.75) is 19.4 Å². The molecule has 1 rings (SSSR count). The van der Waals surface area contributed by atoms with Gasteiger partial charge in [0.05, 0.1) is 6.33 Å². The number of thioether (sulfide) groups is 1. The summed E-state index contributed by atoms with van der Waals surface area (Å²) in [6.07, 6.45) is 8.04. The molecule has 2 N–H and O–H groups in total. The summed E-state index contributed by atoms with van der Waals surface area (Å²) < 4.78 is 2.11. The van der Waals surface area contributed by atoms with Gasteiger partial charge in [-0.05, 0) is 30.9 Å². The second-order valence-corrected chi connectivity index (χ2v) is 4.13. The molecule has 1 aromatic rings. The lowest BCUT2D eigenvalue weighted by Gasteiger charge is -2.01. The van der Waals surface area contributed by atoms with Crippen LogP contribution in [0.2, 0.25) is 0 Å². The minimum atomic E-state index is 0.814. The molecule has 0 aromatic carbocycles. The van der Waals surface area contributed by atoms with E-state index in [4.69, 9.17) is 5.73 Å². The molecule has 0 saturated carbocycles. The lowest BCUT2D eigenvalue weighted by atomic mass is 10.5. The Labute approximate surface area is 83.7 Å². The highest BCUT2D eigenvalue weighted by molar-refractivity contribution is 7.99. The molecule has 0 aliphatic heterocycles. The fourth-order valence-electron chi connectivity index (χ4n) is 1.06.